The Bertz CT molecular complexity index is 374. The van der Waals surface area contributed by atoms with Gasteiger partial charge in [-0.2, -0.15) is 0 Å². The molecule has 0 saturated heterocycles. The normalized spacial score (nSPS) is 13.1. The molecule has 1 aromatic heterocycles. The third-order valence-electron chi connectivity index (χ3n) is 2.79. The lowest BCUT2D eigenvalue weighted by atomic mass is 10.3. The van der Waals surface area contributed by atoms with Gasteiger partial charge in [0.05, 0.1) is 12.6 Å². The minimum absolute atomic E-state index is 0.00306. The molecule has 1 aromatic rings. The van der Waals surface area contributed by atoms with E-state index in [0.29, 0.717) is 12.6 Å². The van der Waals surface area contributed by atoms with Crippen LogP contribution in [0.25, 0.3) is 0 Å². The number of likely N-dealkylation sites (N-methyl/N-ethyl adjacent to an activating group) is 1. The number of amides is 1. The second-order valence-electron chi connectivity index (χ2n) is 4.60. The van der Waals surface area contributed by atoms with Crippen molar-refractivity contribution < 1.29 is 4.79 Å². The molecule has 17 heavy (non-hydrogen) atoms. The molecule has 1 heterocycles. The Kier molecular flexibility index (Phi) is 4.62. The summed E-state index contributed by atoms with van der Waals surface area (Å²) in [6.45, 7) is 6.40. The summed E-state index contributed by atoms with van der Waals surface area (Å²) in [5, 5.41) is 10.7. The van der Waals surface area contributed by atoms with Gasteiger partial charge in [-0.3, -0.25) is 9.69 Å². The molecule has 6 nitrogen and oxygen atoms in total. The second-order valence-corrected chi connectivity index (χ2v) is 4.60. The first-order chi connectivity index (χ1) is 7.91. The van der Waals surface area contributed by atoms with Crippen LogP contribution in [0.4, 0.5) is 0 Å². The van der Waals surface area contributed by atoms with Crippen LogP contribution in [-0.2, 0) is 11.8 Å². The largest absolute Gasteiger partial charge is 0.345 e. The van der Waals surface area contributed by atoms with Gasteiger partial charge in [-0.05, 0) is 27.8 Å². The first kappa shape index (κ1) is 13.6. The van der Waals surface area contributed by atoms with E-state index in [4.69, 9.17) is 0 Å². The SMILES string of the molecule is CC(C)N(C)CC(=O)N[C@H](C)c1nncn1C. The van der Waals surface area contributed by atoms with Gasteiger partial charge in [-0.25, -0.2) is 0 Å². The quantitative estimate of drug-likeness (QED) is 0.804. The van der Waals surface area contributed by atoms with E-state index < -0.39 is 0 Å². The van der Waals surface area contributed by atoms with E-state index in [1.807, 2.05) is 25.9 Å². The predicted octanol–water partition coefficient (Wildman–Crippen LogP) is 0.333. The lowest BCUT2D eigenvalue weighted by molar-refractivity contribution is -0.123. The van der Waals surface area contributed by atoms with Crippen molar-refractivity contribution in [1.29, 1.82) is 0 Å². The molecule has 0 saturated carbocycles. The first-order valence-corrected chi connectivity index (χ1v) is 5.75. The lowest BCUT2D eigenvalue weighted by Gasteiger charge is -2.21. The van der Waals surface area contributed by atoms with Gasteiger partial charge in [0.25, 0.3) is 0 Å². The number of nitrogens with one attached hydrogen (secondary N) is 1. The van der Waals surface area contributed by atoms with E-state index in [1.54, 1.807) is 10.9 Å². The number of hydrogen-bond donors (Lipinski definition) is 1. The van der Waals surface area contributed by atoms with Gasteiger partial charge in [-0.15, -0.1) is 10.2 Å². The Morgan fingerprint density at radius 2 is 2.18 bits per heavy atom. The second kappa shape index (κ2) is 5.77. The zero-order valence-electron chi connectivity index (χ0n) is 11.1. The molecule has 0 aromatic carbocycles. The van der Waals surface area contributed by atoms with Gasteiger partial charge in [0.15, 0.2) is 5.82 Å². The molecule has 1 rings (SSSR count). The van der Waals surface area contributed by atoms with Crippen LogP contribution >= 0.6 is 0 Å². The Morgan fingerprint density at radius 3 is 2.65 bits per heavy atom. The molecule has 1 atom stereocenters. The summed E-state index contributed by atoms with van der Waals surface area (Å²) in [4.78, 5) is 13.7. The van der Waals surface area contributed by atoms with Crippen LogP contribution in [0.3, 0.4) is 0 Å². The summed E-state index contributed by atoms with van der Waals surface area (Å²) in [6, 6.07) is 0.224. The third kappa shape index (κ3) is 3.81. The fourth-order valence-electron chi connectivity index (χ4n) is 1.44. The Hall–Kier alpha value is -1.43. The zero-order valence-corrected chi connectivity index (χ0v) is 11.1. The number of hydrogen-bond acceptors (Lipinski definition) is 4. The summed E-state index contributed by atoms with van der Waals surface area (Å²) in [5.74, 6) is 0.752. The number of nitrogens with zero attached hydrogens (tertiary/aromatic N) is 4. The van der Waals surface area contributed by atoms with Crippen molar-refractivity contribution in [1.82, 2.24) is 25.0 Å². The average Bonchev–Trinajstić information content (AvgIpc) is 2.63. The maximum Gasteiger partial charge on any atom is 0.234 e. The van der Waals surface area contributed by atoms with Crippen LogP contribution in [0.5, 0.6) is 0 Å². The van der Waals surface area contributed by atoms with Gasteiger partial charge in [0.1, 0.15) is 6.33 Å². The highest BCUT2D eigenvalue weighted by molar-refractivity contribution is 5.78. The molecule has 0 aliphatic rings. The van der Waals surface area contributed by atoms with E-state index in [0.717, 1.165) is 5.82 Å². The molecule has 0 unspecified atom stereocenters. The number of rotatable bonds is 5. The maximum atomic E-state index is 11.8. The molecule has 0 spiro atoms. The molecule has 0 aliphatic heterocycles. The zero-order chi connectivity index (χ0) is 13.0. The molecule has 0 bridgehead atoms. The first-order valence-electron chi connectivity index (χ1n) is 5.75. The molecular weight excluding hydrogens is 218 g/mol. The minimum atomic E-state index is -0.129. The summed E-state index contributed by atoms with van der Waals surface area (Å²) >= 11 is 0. The van der Waals surface area contributed by atoms with Gasteiger partial charge < -0.3 is 9.88 Å². The van der Waals surface area contributed by atoms with Gasteiger partial charge in [-0.1, -0.05) is 0 Å². The molecule has 1 N–H and O–H groups in total. The van der Waals surface area contributed by atoms with Gasteiger partial charge >= 0.3 is 0 Å². The van der Waals surface area contributed by atoms with Crippen molar-refractivity contribution in [3.05, 3.63) is 12.2 Å². The fourth-order valence-corrected chi connectivity index (χ4v) is 1.44. The summed E-state index contributed by atoms with van der Waals surface area (Å²) in [6.07, 6.45) is 1.62. The Balaban J connectivity index is 2.49. The number of carbonyl (C=O) groups is 1. The minimum Gasteiger partial charge on any atom is -0.345 e. The van der Waals surface area contributed by atoms with Crippen molar-refractivity contribution in [3.63, 3.8) is 0 Å². The van der Waals surface area contributed by atoms with Gasteiger partial charge in [0.2, 0.25) is 5.91 Å². The summed E-state index contributed by atoms with van der Waals surface area (Å²) < 4.78 is 1.80. The molecule has 0 radical (unpaired) electrons. The van der Waals surface area contributed by atoms with Crippen molar-refractivity contribution in [2.45, 2.75) is 32.9 Å². The van der Waals surface area contributed by atoms with E-state index in [-0.39, 0.29) is 11.9 Å². The van der Waals surface area contributed by atoms with Crippen molar-refractivity contribution in [2.75, 3.05) is 13.6 Å². The molecule has 0 aliphatic carbocycles. The molecule has 6 heteroatoms. The van der Waals surface area contributed by atoms with Crippen LogP contribution in [0, 0.1) is 0 Å². The molecule has 96 valence electrons. The molecule has 0 fully saturated rings. The highest BCUT2D eigenvalue weighted by Crippen LogP contribution is 2.06. The number of aryl methyl sites for hydroxylation is 1. The number of aromatic nitrogens is 3. The Labute approximate surface area is 102 Å². The monoisotopic (exact) mass is 239 g/mol. The standard InChI is InChI=1S/C11H21N5O/c1-8(2)15(4)6-10(17)13-9(3)11-14-12-7-16(11)5/h7-9H,6H2,1-5H3,(H,13,17)/t9-/m1/s1. The van der Waals surface area contributed by atoms with Crippen LogP contribution in [0.15, 0.2) is 6.33 Å². The summed E-state index contributed by atoms with van der Waals surface area (Å²) in [5.41, 5.74) is 0. The fraction of sp³-hybridized carbons (Fsp3) is 0.727. The van der Waals surface area contributed by atoms with Crippen LogP contribution in [0.2, 0.25) is 0 Å². The topological polar surface area (TPSA) is 63.1 Å². The lowest BCUT2D eigenvalue weighted by Crippen LogP contribution is -2.39. The van der Waals surface area contributed by atoms with Crippen molar-refractivity contribution >= 4 is 5.91 Å². The predicted molar refractivity (Wildman–Crippen MR) is 65.3 cm³/mol. The van der Waals surface area contributed by atoms with E-state index in [2.05, 4.69) is 29.4 Å². The van der Waals surface area contributed by atoms with E-state index >= 15 is 0 Å². The van der Waals surface area contributed by atoms with Gasteiger partial charge in [0, 0.05) is 13.1 Å². The third-order valence-corrected chi connectivity index (χ3v) is 2.79. The molecular formula is C11H21N5O. The number of carbonyl (C=O) groups excluding carboxylic acids is 1. The van der Waals surface area contributed by atoms with Crippen LogP contribution in [-0.4, -0.2) is 45.2 Å². The summed E-state index contributed by atoms with van der Waals surface area (Å²) in [7, 11) is 3.79. The maximum absolute atomic E-state index is 11.8. The highest BCUT2D eigenvalue weighted by Gasteiger charge is 2.15. The van der Waals surface area contributed by atoms with Crippen LogP contribution < -0.4 is 5.32 Å². The van der Waals surface area contributed by atoms with Crippen LogP contribution in [0.1, 0.15) is 32.6 Å². The smallest absolute Gasteiger partial charge is 0.234 e. The average molecular weight is 239 g/mol. The van der Waals surface area contributed by atoms with E-state index in [9.17, 15) is 4.79 Å². The van der Waals surface area contributed by atoms with Crippen molar-refractivity contribution in [2.24, 2.45) is 7.05 Å². The Morgan fingerprint density at radius 1 is 1.53 bits per heavy atom. The molecule has 1 amide bonds. The highest BCUT2D eigenvalue weighted by atomic mass is 16.2. The van der Waals surface area contributed by atoms with Crippen molar-refractivity contribution in [3.8, 4) is 0 Å². The van der Waals surface area contributed by atoms with E-state index in [1.165, 1.54) is 0 Å².